The van der Waals surface area contributed by atoms with Crippen LogP contribution in [0.4, 0.5) is 0 Å². The maximum Gasteiger partial charge on any atom is 0.234 e. The number of carbonyl (C=O) groups is 1. The van der Waals surface area contributed by atoms with Crippen LogP contribution in [0.1, 0.15) is 24.3 Å². The molecule has 1 aromatic carbocycles. The van der Waals surface area contributed by atoms with E-state index in [0.717, 1.165) is 17.0 Å². The topological polar surface area (TPSA) is 64.8 Å². The van der Waals surface area contributed by atoms with Crippen molar-refractivity contribution in [2.75, 3.05) is 13.7 Å². The Balaban J connectivity index is 2.08. The third kappa shape index (κ3) is 4.72. The highest BCUT2D eigenvalue weighted by Crippen LogP contribution is 2.30. The quantitative estimate of drug-likeness (QED) is 0.756. The van der Waals surface area contributed by atoms with Crippen molar-refractivity contribution in [2.45, 2.75) is 33.0 Å². The minimum Gasteiger partial charge on any atom is -0.493 e. The normalized spacial score (nSPS) is 12.2. The van der Waals surface area contributed by atoms with Crippen LogP contribution in [0.5, 0.6) is 11.5 Å². The Morgan fingerprint density at radius 3 is 2.71 bits per heavy atom. The number of amides is 1. The Morgan fingerprint density at radius 2 is 2.12 bits per heavy atom. The van der Waals surface area contributed by atoms with Crippen LogP contribution < -0.4 is 15.2 Å². The van der Waals surface area contributed by atoms with Crippen molar-refractivity contribution in [2.24, 2.45) is 5.73 Å². The number of hydrogen-bond acceptors (Lipinski definition) is 5. The maximum atomic E-state index is 11.4. The molecule has 1 atom stereocenters. The van der Waals surface area contributed by atoms with Gasteiger partial charge in [-0.15, -0.1) is 11.3 Å². The monoisotopic (exact) mass is 348 g/mol. The fraction of sp³-hybridized carbons (Fsp3) is 0.389. The molecule has 2 N–H and O–H groups in total. The summed E-state index contributed by atoms with van der Waals surface area (Å²) in [4.78, 5) is 14.6. The zero-order valence-corrected chi connectivity index (χ0v) is 15.1. The van der Waals surface area contributed by atoms with Gasteiger partial charge in [0.05, 0.1) is 13.2 Å². The lowest BCUT2D eigenvalue weighted by atomic mass is 10.1. The maximum absolute atomic E-state index is 11.4. The van der Waals surface area contributed by atoms with E-state index < -0.39 is 0 Å². The lowest BCUT2D eigenvalue weighted by Gasteiger charge is -2.25. The van der Waals surface area contributed by atoms with Gasteiger partial charge in [-0.3, -0.25) is 9.69 Å². The van der Waals surface area contributed by atoms with E-state index in [9.17, 15) is 4.79 Å². The zero-order chi connectivity index (χ0) is 17.5. The molecule has 130 valence electrons. The fourth-order valence-corrected chi connectivity index (χ4v) is 3.03. The molecule has 1 aromatic heterocycles. The molecule has 5 nitrogen and oxygen atoms in total. The van der Waals surface area contributed by atoms with E-state index >= 15 is 0 Å². The van der Waals surface area contributed by atoms with E-state index in [4.69, 9.17) is 15.2 Å². The molecule has 0 spiro atoms. The van der Waals surface area contributed by atoms with E-state index in [-0.39, 0.29) is 11.9 Å². The number of likely N-dealkylation sites (N-methyl/N-ethyl adjacent to an activating group) is 1. The minimum absolute atomic E-state index is 0.309. The number of nitrogens with zero attached hydrogens (tertiary/aromatic N) is 1. The standard InChI is InChI=1S/C18H24N2O3S/c1-4-20(13(2)18(19)21)11-14-7-8-16(17(10-14)22-3)23-12-15-6-5-9-24-15/h5-10,13H,4,11-12H2,1-3H3,(H2,19,21)/t13-/m1/s1. The average molecular weight is 348 g/mol. The second-order valence-corrected chi connectivity index (χ2v) is 6.53. The van der Waals surface area contributed by atoms with E-state index in [2.05, 4.69) is 0 Å². The van der Waals surface area contributed by atoms with Gasteiger partial charge in [-0.25, -0.2) is 0 Å². The van der Waals surface area contributed by atoms with Crippen LogP contribution in [-0.4, -0.2) is 30.5 Å². The first kappa shape index (κ1) is 18.3. The average Bonchev–Trinajstić information content (AvgIpc) is 3.11. The first-order chi connectivity index (χ1) is 11.5. The predicted molar refractivity (Wildman–Crippen MR) is 96.4 cm³/mol. The first-order valence-electron chi connectivity index (χ1n) is 7.90. The van der Waals surface area contributed by atoms with E-state index in [0.29, 0.717) is 24.7 Å². The number of benzene rings is 1. The number of nitrogens with two attached hydrogens (primary N) is 1. The molecule has 0 unspecified atom stereocenters. The summed E-state index contributed by atoms with van der Waals surface area (Å²) in [5, 5.41) is 2.03. The van der Waals surface area contributed by atoms with Crippen LogP contribution in [0.15, 0.2) is 35.7 Å². The summed E-state index contributed by atoms with van der Waals surface area (Å²) in [6, 6.07) is 9.57. The SMILES string of the molecule is CCN(Cc1ccc(OCc2cccs2)c(OC)c1)[C@H](C)C(N)=O. The molecule has 6 heteroatoms. The van der Waals surface area contributed by atoms with Crippen molar-refractivity contribution < 1.29 is 14.3 Å². The predicted octanol–water partition coefficient (Wildman–Crippen LogP) is 3.03. The van der Waals surface area contributed by atoms with Crippen molar-refractivity contribution in [1.82, 2.24) is 4.90 Å². The summed E-state index contributed by atoms with van der Waals surface area (Å²) in [5.41, 5.74) is 6.45. The molecule has 0 bridgehead atoms. The largest absolute Gasteiger partial charge is 0.493 e. The molecule has 1 amide bonds. The lowest BCUT2D eigenvalue weighted by Crippen LogP contribution is -2.42. The van der Waals surface area contributed by atoms with Gasteiger partial charge >= 0.3 is 0 Å². The number of carbonyl (C=O) groups excluding carboxylic acids is 1. The van der Waals surface area contributed by atoms with Crippen LogP contribution in [0.3, 0.4) is 0 Å². The summed E-state index contributed by atoms with van der Waals surface area (Å²) in [6.45, 7) is 5.72. The van der Waals surface area contributed by atoms with Crippen molar-refractivity contribution in [3.05, 3.63) is 46.2 Å². The van der Waals surface area contributed by atoms with Crippen LogP contribution in [0.2, 0.25) is 0 Å². The second kappa shape index (κ2) is 8.70. The van der Waals surface area contributed by atoms with E-state index in [1.165, 1.54) is 0 Å². The molecule has 0 radical (unpaired) electrons. The summed E-state index contributed by atoms with van der Waals surface area (Å²) in [6.07, 6.45) is 0. The van der Waals surface area contributed by atoms with Gasteiger partial charge in [0.25, 0.3) is 0 Å². The molecule has 0 saturated heterocycles. The smallest absolute Gasteiger partial charge is 0.234 e. The third-order valence-corrected chi connectivity index (χ3v) is 4.78. The molecule has 0 fully saturated rings. The molecular formula is C18H24N2O3S. The zero-order valence-electron chi connectivity index (χ0n) is 14.3. The van der Waals surface area contributed by atoms with Gasteiger partial charge in [0.15, 0.2) is 11.5 Å². The molecule has 0 aliphatic heterocycles. The van der Waals surface area contributed by atoms with Crippen LogP contribution in [-0.2, 0) is 17.9 Å². The Kier molecular flexibility index (Phi) is 6.63. The number of thiophene rings is 1. The highest BCUT2D eigenvalue weighted by molar-refractivity contribution is 7.09. The molecule has 0 aliphatic carbocycles. The van der Waals surface area contributed by atoms with Gasteiger partial charge in [-0.2, -0.15) is 0 Å². The second-order valence-electron chi connectivity index (χ2n) is 5.49. The van der Waals surface area contributed by atoms with Crippen molar-refractivity contribution in [3.8, 4) is 11.5 Å². The Labute approximate surface area is 147 Å². The number of hydrogen-bond donors (Lipinski definition) is 1. The van der Waals surface area contributed by atoms with Crippen LogP contribution in [0.25, 0.3) is 0 Å². The number of ether oxygens (including phenoxy) is 2. The lowest BCUT2D eigenvalue weighted by molar-refractivity contribution is -0.122. The number of methoxy groups -OCH3 is 1. The first-order valence-corrected chi connectivity index (χ1v) is 8.78. The van der Waals surface area contributed by atoms with Gasteiger partial charge in [0.2, 0.25) is 5.91 Å². The minimum atomic E-state index is -0.320. The summed E-state index contributed by atoms with van der Waals surface area (Å²) in [7, 11) is 1.63. The molecular weight excluding hydrogens is 324 g/mol. The van der Waals surface area contributed by atoms with Gasteiger partial charge in [0, 0.05) is 11.4 Å². The van der Waals surface area contributed by atoms with Crippen LogP contribution in [0, 0.1) is 0 Å². The Morgan fingerprint density at radius 1 is 1.33 bits per heavy atom. The molecule has 24 heavy (non-hydrogen) atoms. The van der Waals surface area contributed by atoms with Crippen molar-refractivity contribution in [3.63, 3.8) is 0 Å². The highest BCUT2D eigenvalue weighted by Gasteiger charge is 2.18. The van der Waals surface area contributed by atoms with E-state index in [1.807, 2.05) is 54.5 Å². The van der Waals surface area contributed by atoms with Gasteiger partial charge < -0.3 is 15.2 Å². The van der Waals surface area contributed by atoms with Gasteiger partial charge in [-0.05, 0) is 42.6 Å². The molecule has 2 rings (SSSR count). The van der Waals surface area contributed by atoms with Gasteiger partial charge in [-0.1, -0.05) is 19.1 Å². The molecule has 2 aromatic rings. The van der Waals surface area contributed by atoms with E-state index in [1.54, 1.807) is 18.4 Å². The highest BCUT2D eigenvalue weighted by atomic mass is 32.1. The number of primary amides is 1. The fourth-order valence-electron chi connectivity index (χ4n) is 2.41. The van der Waals surface area contributed by atoms with Crippen molar-refractivity contribution >= 4 is 17.2 Å². The molecule has 1 heterocycles. The van der Waals surface area contributed by atoms with Gasteiger partial charge in [0.1, 0.15) is 6.61 Å². The Bertz CT molecular complexity index is 658. The third-order valence-electron chi connectivity index (χ3n) is 3.93. The number of rotatable bonds is 9. The summed E-state index contributed by atoms with van der Waals surface area (Å²) < 4.78 is 11.3. The summed E-state index contributed by atoms with van der Waals surface area (Å²) >= 11 is 1.66. The molecule has 0 saturated carbocycles. The van der Waals surface area contributed by atoms with Crippen LogP contribution >= 0.6 is 11.3 Å². The summed E-state index contributed by atoms with van der Waals surface area (Å²) in [5.74, 6) is 1.08. The Hall–Kier alpha value is -2.05. The van der Waals surface area contributed by atoms with Crippen molar-refractivity contribution in [1.29, 1.82) is 0 Å². The molecule has 0 aliphatic rings.